The van der Waals surface area contributed by atoms with Crippen LogP contribution < -0.4 is 4.74 Å². The van der Waals surface area contributed by atoms with Crippen LogP contribution in [0.3, 0.4) is 0 Å². The number of nitrogens with zero attached hydrogens (tertiary/aromatic N) is 1. The van der Waals surface area contributed by atoms with Gasteiger partial charge in [0, 0.05) is 11.0 Å². The van der Waals surface area contributed by atoms with Crippen LogP contribution in [-0.2, 0) is 4.79 Å². The molecule has 116 valence electrons. The topological polar surface area (TPSA) is 49.8 Å². The third-order valence-electron chi connectivity index (χ3n) is 3.65. The molecule has 1 saturated heterocycles. The monoisotopic (exact) mass is 375 g/mol. The second-order valence-electron chi connectivity index (χ2n) is 5.14. The SMILES string of the molecule is O=C(COc1ccc(Br)cc1Cl)N1CCCCCC1CO. The lowest BCUT2D eigenvalue weighted by molar-refractivity contribution is -0.136. The molecule has 4 nitrogen and oxygen atoms in total. The van der Waals surface area contributed by atoms with E-state index in [4.69, 9.17) is 16.3 Å². The number of carbonyl (C=O) groups is 1. The molecule has 1 heterocycles. The Labute approximate surface area is 138 Å². The highest BCUT2D eigenvalue weighted by Gasteiger charge is 2.25. The maximum atomic E-state index is 12.3. The van der Waals surface area contributed by atoms with E-state index in [0.717, 1.165) is 30.2 Å². The lowest BCUT2D eigenvalue weighted by Crippen LogP contribution is -2.44. The minimum absolute atomic E-state index is 0.00474. The summed E-state index contributed by atoms with van der Waals surface area (Å²) in [6.07, 6.45) is 3.97. The molecule has 2 rings (SSSR count). The molecular weight excluding hydrogens is 358 g/mol. The van der Waals surface area contributed by atoms with Crippen LogP contribution in [0.1, 0.15) is 25.7 Å². The number of hydrogen-bond acceptors (Lipinski definition) is 3. The third-order valence-corrected chi connectivity index (χ3v) is 4.44. The van der Waals surface area contributed by atoms with Gasteiger partial charge in [-0.05, 0) is 31.0 Å². The van der Waals surface area contributed by atoms with Gasteiger partial charge in [0.25, 0.3) is 5.91 Å². The highest BCUT2D eigenvalue weighted by Crippen LogP contribution is 2.27. The van der Waals surface area contributed by atoms with E-state index in [0.29, 0.717) is 17.3 Å². The summed E-state index contributed by atoms with van der Waals surface area (Å²) in [5.74, 6) is 0.388. The maximum absolute atomic E-state index is 12.3. The number of ether oxygens (including phenoxy) is 1. The Morgan fingerprint density at radius 3 is 2.95 bits per heavy atom. The summed E-state index contributed by atoms with van der Waals surface area (Å²) < 4.78 is 6.38. The number of aliphatic hydroxyl groups is 1. The van der Waals surface area contributed by atoms with Gasteiger partial charge in [0.05, 0.1) is 17.7 Å². The predicted molar refractivity (Wildman–Crippen MR) is 85.7 cm³/mol. The highest BCUT2D eigenvalue weighted by atomic mass is 79.9. The van der Waals surface area contributed by atoms with E-state index >= 15 is 0 Å². The summed E-state index contributed by atoms with van der Waals surface area (Å²) in [6.45, 7) is 0.629. The van der Waals surface area contributed by atoms with Gasteiger partial charge in [-0.3, -0.25) is 4.79 Å². The Morgan fingerprint density at radius 2 is 2.24 bits per heavy atom. The average molecular weight is 377 g/mol. The van der Waals surface area contributed by atoms with Crippen LogP contribution in [-0.4, -0.2) is 41.7 Å². The van der Waals surface area contributed by atoms with Crippen molar-refractivity contribution in [1.82, 2.24) is 4.90 Å². The zero-order valence-corrected chi connectivity index (χ0v) is 14.1. The van der Waals surface area contributed by atoms with Crippen LogP contribution in [0.5, 0.6) is 5.75 Å². The molecule has 0 saturated carbocycles. The fourth-order valence-electron chi connectivity index (χ4n) is 2.51. The van der Waals surface area contributed by atoms with Gasteiger partial charge in [0.2, 0.25) is 0 Å². The van der Waals surface area contributed by atoms with E-state index in [9.17, 15) is 9.90 Å². The largest absolute Gasteiger partial charge is 0.482 e. The summed E-state index contributed by atoms with van der Waals surface area (Å²) in [5, 5.41) is 9.90. The Morgan fingerprint density at radius 1 is 1.43 bits per heavy atom. The van der Waals surface area contributed by atoms with E-state index in [1.54, 1.807) is 17.0 Å². The second-order valence-corrected chi connectivity index (χ2v) is 6.46. The number of likely N-dealkylation sites (tertiary alicyclic amines) is 1. The Balaban J connectivity index is 1.96. The van der Waals surface area contributed by atoms with Gasteiger partial charge in [-0.2, -0.15) is 0 Å². The zero-order chi connectivity index (χ0) is 15.2. The molecule has 0 aliphatic carbocycles. The van der Waals surface area contributed by atoms with Gasteiger partial charge in [0.15, 0.2) is 6.61 Å². The summed E-state index contributed by atoms with van der Waals surface area (Å²) in [5.41, 5.74) is 0. The van der Waals surface area contributed by atoms with Crippen LogP contribution in [0.15, 0.2) is 22.7 Å². The molecule has 1 aromatic rings. The fourth-order valence-corrected chi connectivity index (χ4v) is 3.24. The average Bonchev–Trinajstić information content (AvgIpc) is 2.71. The lowest BCUT2D eigenvalue weighted by atomic mass is 10.1. The minimum atomic E-state index is -0.102. The van der Waals surface area contributed by atoms with Crippen molar-refractivity contribution in [2.75, 3.05) is 19.8 Å². The summed E-state index contributed by atoms with van der Waals surface area (Å²) >= 11 is 9.38. The normalized spacial score (nSPS) is 19.2. The summed E-state index contributed by atoms with van der Waals surface area (Å²) in [6, 6.07) is 5.17. The number of benzene rings is 1. The van der Waals surface area contributed by atoms with Crippen molar-refractivity contribution >= 4 is 33.4 Å². The Kier molecular flexibility index (Phi) is 6.33. The summed E-state index contributed by atoms with van der Waals surface area (Å²) in [7, 11) is 0. The Hall–Kier alpha value is -0.780. The van der Waals surface area contributed by atoms with Crippen molar-refractivity contribution < 1.29 is 14.6 Å². The van der Waals surface area contributed by atoms with Crippen molar-refractivity contribution in [3.05, 3.63) is 27.7 Å². The molecule has 0 bridgehead atoms. The van der Waals surface area contributed by atoms with E-state index in [1.807, 2.05) is 6.07 Å². The Bertz CT molecular complexity index is 498. The van der Waals surface area contributed by atoms with Crippen LogP contribution >= 0.6 is 27.5 Å². The number of amides is 1. The van der Waals surface area contributed by atoms with Crippen molar-refractivity contribution in [2.45, 2.75) is 31.7 Å². The van der Waals surface area contributed by atoms with Crippen molar-refractivity contribution in [3.63, 3.8) is 0 Å². The molecule has 1 unspecified atom stereocenters. The predicted octanol–water partition coefficient (Wildman–Crippen LogP) is 3.24. The molecule has 1 fully saturated rings. The number of hydrogen-bond donors (Lipinski definition) is 1. The van der Waals surface area contributed by atoms with Gasteiger partial charge in [-0.25, -0.2) is 0 Å². The third kappa shape index (κ3) is 4.59. The van der Waals surface area contributed by atoms with E-state index < -0.39 is 0 Å². The highest BCUT2D eigenvalue weighted by molar-refractivity contribution is 9.10. The van der Waals surface area contributed by atoms with Gasteiger partial charge >= 0.3 is 0 Å². The van der Waals surface area contributed by atoms with Gasteiger partial charge in [0.1, 0.15) is 5.75 Å². The molecule has 6 heteroatoms. The van der Waals surface area contributed by atoms with Crippen molar-refractivity contribution in [1.29, 1.82) is 0 Å². The van der Waals surface area contributed by atoms with Crippen molar-refractivity contribution in [2.24, 2.45) is 0 Å². The number of aliphatic hydroxyl groups excluding tert-OH is 1. The molecule has 1 aromatic carbocycles. The molecule has 1 amide bonds. The number of carbonyl (C=O) groups excluding carboxylic acids is 1. The smallest absolute Gasteiger partial charge is 0.260 e. The van der Waals surface area contributed by atoms with Crippen LogP contribution in [0.2, 0.25) is 5.02 Å². The van der Waals surface area contributed by atoms with Gasteiger partial charge < -0.3 is 14.7 Å². The molecular formula is C15H19BrClNO3. The fraction of sp³-hybridized carbons (Fsp3) is 0.533. The van der Waals surface area contributed by atoms with Crippen LogP contribution in [0.4, 0.5) is 0 Å². The molecule has 1 aliphatic rings. The number of rotatable bonds is 4. The van der Waals surface area contributed by atoms with E-state index in [1.165, 1.54) is 0 Å². The summed E-state index contributed by atoms with van der Waals surface area (Å²) in [4.78, 5) is 14.0. The second kappa shape index (κ2) is 8.01. The first-order valence-electron chi connectivity index (χ1n) is 7.10. The molecule has 1 N–H and O–H groups in total. The van der Waals surface area contributed by atoms with Crippen molar-refractivity contribution in [3.8, 4) is 5.75 Å². The molecule has 1 atom stereocenters. The van der Waals surface area contributed by atoms with Crippen LogP contribution in [0.25, 0.3) is 0 Å². The molecule has 0 aromatic heterocycles. The zero-order valence-electron chi connectivity index (χ0n) is 11.7. The first kappa shape index (κ1) is 16.6. The standard InChI is InChI=1S/C15H19BrClNO3/c16-11-5-6-14(13(17)8-11)21-10-15(20)18-7-3-1-2-4-12(18)9-19/h5-6,8,12,19H,1-4,7,9-10H2. The first-order chi connectivity index (χ1) is 10.1. The molecule has 1 aliphatic heterocycles. The molecule has 0 radical (unpaired) electrons. The first-order valence-corrected chi connectivity index (χ1v) is 8.27. The lowest BCUT2D eigenvalue weighted by Gasteiger charge is -2.28. The molecule has 0 spiro atoms. The molecule has 21 heavy (non-hydrogen) atoms. The maximum Gasteiger partial charge on any atom is 0.260 e. The van der Waals surface area contributed by atoms with Gasteiger partial charge in [-0.15, -0.1) is 0 Å². The number of halogens is 2. The minimum Gasteiger partial charge on any atom is -0.482 e. The quantitative estimate of drug-likeness (QED) is 0.877. The van der Waals surface area contributed by atoms with E-state index in [-0.39, 0.29) is 25.2 Å². The van der Waals surface area contributed by atoms with Crippen LogP contribution in [0, 0.1) is 0 Å². The van der Waals surface area contributed by atoms with Gasteiger partial charge in [-0.1, -0.05) is 40.4 Å². The van der Waals surface area contributed by atoms with E-state index in [2.05, 4.69) is 15.9 Å².